The van der Waals surface area contributed by atoms with E-state index >= 15 is 0 Å². The van der Waals surface area contributed by atoms with Crippen molar-refractivity contribution in [1.82, 2.24) is 24.5 Å². The van der Waals surface area contributed by atoms with Crippen molar-refractivity contribution in [2.24, 2.45) is 5.92 Å². The summed E-state index contributed by atoms with van der Waals surface area (Å²) in [6.07, 6.45) is 6.46. The largest absolute Gasteiger partial charge is 0.358 e. The number of carbonyl (C=O) groups is 1. The highest BCUT2D eigenvalue weighted by molar-refractivity contribution is 5.77. The van der Waals surface area contributed by atoms with Crippen LogP contribution in [-0.2, 0) is 11.3 Å². The average Bonchev–Trinajstić information content (AvgIpc) is 2.98. The molecule has 0 aliphatic carbocycles. The molecule has 0 unspecified atom stereocenters. The second kappa shape index (κ2) is 7.97. The Bertz CT molecular complexity index is 718. The molecule has 1 saturated heterocycles. The maximum atomic E-state index is 11.5. The second-order valence-electron chi connectivity index (χ2n) is 7.27. The number of likely N-dealkylation sites (tertiary alicyclic amines) is 1. The number of rotatable bonds is 6. The van der Waals surface area contributed by atoms with Crippen LogP contribution in [0, 0.1) is 12.8 Å². The zero-order chi connectivity index (χ0) is 17.8. The van der Waals surface area contributed by atoms with Crippen molar-refractivity contribution in [3.8, 4) is 0 Å². The Hall–Kier alpha value is -1.92. The third-order valence-electron chi connectivity index (χ3n) is 5.09. The number of aryl methyl sites for hydroxylation is 1. The normalized spacial score (nSPS) is 16.6. The number of fused-ring (bicyclic) bond motifs is 1. The first-order chi connectivity index (χ1) is 12.0. The zero-order valence-electron chi connectivity index (χ0n) is 15.5. The van der Waals surface area contributed by atoms with Crippen LogP contribution in [0.5, 0.6) is 0 Å². The summed E-state index contributed by atoms with van der Waals surface area (Å²) in [4.78, 5) is 20.6. The highest BCUT2D eigenvalue weighted by Gasteiger charge is 2.21. The van der Waals surface area contributed by atoms with Crippen molar-refractivity contribution in [3.05, 3.63) is 35.8 Å². The number of likely N-dealkylation sites (N-methyl/N-ethyl adjacent to an activating group) is 1. The summed E-state index contributed by atoms with van der Waals surface area (Å²) in [5.41, 5.74) is 3.49. The molecular formula is C19H29N5O. The standard InChI is InChI=1S/C19H29N5O/c1-15-4-5-18-21-10-17(24(18)11-15)13-22(3)12-16-6-8-23(9-7-16)14-19(25)20-2/h4-5,10-11,16H,6-9,12-14H2,1-3H3,(H,20,25). The number of hydrogen-bond acceptors (Lipinski definition) is 4. The number of nitrogens with zero attached hydrogens (tertiary/aromatic N) is 4. The van der Waals surface area contributed by atoms with Gasteiger partial charge in [0.15, 0.2) is 0 Å². The van der Waals surface area contributed by atoms with Crippen LogP contribution in [0.1, 0.15) is 24.1 Å². The van der Waals surface area contributed by atoms with Crippen molar-refractivity contribution in [1.29, 1.82) is 0 Å². The van der Waals surface area contributed by atoms with Crippen LogP contribution in [0.4, 0.5) is 0 Å². The molecule has 2 aromatic heterocycles. The van der Waals surface area contributed by atoms with Gasteiger partial charge in [0, 0.05) is 26.3 Å². The lowest BCUT2D eigenvalue weighted by Gasteiger charge is -2.33. The number of nitrogens with one attached hydrogen (secondary N) is 1. The quantitative estimate of drug-likeness (QED) is 0.864. The van der Waals surface area contributed by atoms with Crippen molar-refractivity contribution < 1.29 is 4.79 Å². The predicted octanol–water partition coefficient (Wildman–Crippen LogP) is 1.53. The topological polar surface area (TPSA) is 52.9 Å². The monoisotopic (exact) mass is 343 g/mol. The molecule has 0 bridgehead atoms. The molecule has 0 saturated carbocycles. The Labute approximate surface area is 149 Å². The third kappa shape index (κ3) is 4.58. The van der Waals surface area contributed by atoms with Gasteiger partial charge in [0.1, 0.15) is 5.65 Å². The number of amides is 1. The molecule has 0 aromatic carbocycles. The van der Waals surface area contributed by atoms with E-state index < -0.39 is 0 Å². The minimum Gasteiger partial charge on any atom is -0.358 e. The van der Waals surface area contributed by atoms with Gasteiger partial charge < -0.3 is 14.6 Å². The SMILES string of the molecule is CNC(=O)CN1CCC(CN(C)Cc2cnc3ccc(C)cn23)CC1. The molecule has 0 spiro atoms. The maximum absolute atomic E-state index is 11.5. The lowest BCUT2D eigenvalue weighted by molar-refractivity contribution is -0.122. The Morgan fingerprint density at radius 3 is 2.84 bits per heavy atom. The van der Waals surface area contributed by atoms with E-state index in [2.05, 4.69) is 56.8 Å². The van der Waals surface area contributed by atoms with E-state index in [1.807, 2.05) is 6.20 Å². The minimum absolute atomic E-state index is 0.110. The molecule has 2 aromatic rings. The Morgan fingerprint density at radius 1 is 1.36 bits per heavy atom. The van der Waals surface area contributed by atoms with Crippen LogP contribution in [0.25, 0.3) is 5.65 Å². The predicted molar refractivity (Wildman–Crippen MR) is 99.5 cm³/mol. The summed E-state index contributed by atoms with van der Waals surface area (Å²) in [6.45, 7) is 6.66. The van der Waals surface area contributed by atoms with Crippen LogP contribution in [0.3, 0.4) is 0 Å². The molecule has 6 heteroatoms. The first-order valence-electron chi connectivity index (χ1n) is 9.09. The number of carbonyl (C=O) groups excluding carboxylic acids is 1. The van der Waals surface area contributed by atoms with E-state index in [0.29, 0.717) is 12.5 Å². The van der Waals surface area contributed by atoms with Crippen LogP contribution in [0.2, 0.25) is 0 Å². The van der Waals surface area contributed by atoms with Crippen LogP contribution in [-0.4, -0.2) is 65.4 Å². The van der Waals surface area contributed by atoms with Crippen molar-refractivity contribution >= 4 is 11.6 Å². The summed E-state index contributed by atoms with van der Waals surface area (Å²) in [7, 11) is 3.89. The van der Waals surface area contributed by atoms with Gasteiger partial charge in [0.2, 0.25) is 5.91 Å². The zero-order valence-corrected chi connectivity index (χ0v) is 15.5. The molecule has 1 aliphatic rings. The number of pyridine rings is 1. The van der Waals surface area contributed by atoms with E-state index in [9.17, 15) is 4.79 Å². The lowest BCUT2D eigenvalue weighted by atomic mass is 9.96. The molecule has 1 aliphatic heterocycles. The molecule has 1 N–H and O–H groups in total. The fourth-order valence-corrected chi connectivity index (χ4v) is 3.65. The van der Waals surface area contributed by atoms with Gasteiger partial charge in [0.25, 0.3) is 0 Å². The number of hydrogen-bond donors (Lipinski definition) is 1. The van der Waals surface area contributed by atoms with Crippen LogP contribution < -0.4 is 5.32 Å². The third-order valence-corrected chi connectivity index (χ3v) is 5.09. The summed E-state index contributed by atoms with van der Waals surface area (Å²) in [5.74, 6) is 0.810. The van der Waals surface area contributed by atoms with E-state index in [1.165, 1.54) is 11.3 Å². The number of aromatic nitrogens is 2. The minimum atomic E-state index is 0.110. The number of piperidine rings is 1. The summed E-state index contributed by atoms with van der Waals surface area (Å²) in [5, 5.41) is 2.70. The van der Waals surface area contributed by atoms with Gasteiger partial charge in [0.05, 0.1) is 18.4 Å². The van der Waals surface area contributed by atoms with Gasteiger partial charge in [-0.1, -0.05) is 6.07 Å². The van der Waals surface area contributed by atoms with Crippen LogP contribution in [0.15, 0.2) is 24.5 Å². The molecule has 25 heavy (non-hydrogen) atoms. The Kier molecular flexibility index (Phi) is 5.71. The van der Waals surface area contributed by atoms with Gasteiger partial charge in [-0.15, -0.1) is 0 Å². The fourth-order valence-electron chi connectivity index (χ4n) is 3.65. The summed E-state index contributed by atoms with van der Waals surface area (Å²) in [6, 6.07) is 4.17. The van der Waals surface area contributed by atoms with Crippen molar-refractivity contribution in [2.75, 3.05) is 40.3 Å². The maximum Gasteiger partial charge on any atom is 0.233 e. The molecule has 0 atom stereocenters. The van der Waals surface area contributed by atoms with Gasteiger partial charge in [-0.2, -0.15) is 0 Å². The van der Waals surface area contributed by atoms with Crippen molar-refractivity contribution in [2.45, 2.75) is 26.3 Å². The van der Waals surface area contributed by atoms with Crippen molar-refractivity contribution in [3.63, 3.8) is 0 Å². The molecule has 3 rings (SSSR count). The van der Waals surface area contributed by atoms with E-state index in [1.54, 1.807) is 7.05 Å². The molecule has 1 fully saturated rings. The van der Waals surface area contributed by atoms with Gasteiger partial charge in [-0.25, -0.2) is 4.98 Å². The highest BCUT2D eigenvalue weighted by atomic mass is 16.1. The molecular weight excluding hydrogens is 314 g/mol. The number of imidazole rings is 1. The molecule has 6 nitrogen and oxygen atoms in total. The second-order valence-corrected chi connectivity index (χ2v) is 7.27. The first-order valence-corrected chi connectivity index (χ1v) is 9.09. The van der Waals surface area contributed by atoms with Gasteiger partial charge in [-0.05, 0) is 57.5 Å². The smallest absolute Gasteiger partial charge is 0.233 e. The molecule has 3 heterocycles. The van der Waals surface area contributed by atoms with Gasteiger partial charge in [-0.3, -0.25) is 9.69 Å². The Morgan fingerprint density at radius 2 is 2.12 bits per heavy atom. The van der Waals surface area contributed by atoms with E-state index in [4.69, 9.17) is 0 Å². The van der Waals surface area contributed by atoms with E-state index in [0.717, 1.165) is 44.7 Å². The van der Waals surface area contributed by atoms with E-state index in [-0.39, 0.29) is 5.91 Å². The lowest BCUT2D eigenvalue weighted by Crippen LogP contribution is -2.42. The molecule has 136 valence electrons. The summed E-state index contributed by atoms with van der Waals surface area (Å²) >= 11 is 0. The Balaban J connectivity index is 1.50. The van der Waals surface area contributed by atoms with Crippen LogP contribution >= 0.6 is 0 Å². The molecule has 0 radical (unpaired) electrons. The van der Waals surface area contributed by atoms with Gasteiger partial charge >= 0.3 is 0 Å². The summed E-state index contributed by atoms with van der Waals surface area (Å²) < 4.78 is 2.19. The fraction of sp³-hybridized carbons (Fsp3) is 0.579. The molecule has 1 amide bonds. The average molecular weight is 343 g/mol. The highest BCUT2D eigenvalue weighted by Crippen LogP contribution is 2.19. The first kappa shape index (κ1) is 17.9.